The van der Waals surface area contributed by atoms with E-state index in [1.165, 1.54) is 37.7 Å². The number of hydrogen-bond acceptors (Lipinski definition) is 2. The average Bonchev–Trinajstić information content (AvgIpc) is 2.82. The molecule has 3 fully saturated rings. The van der Waals surface area contributed by atoms with Gasteiger partial charge in [-0.3, -0.25) is 0 Å². The normalized spacial score (nSPS) is 51.0. The molecule has 0 aromatic carbocycles. The molecule has 4 aliphatic rings. The van der Waals surface area contributed by atoms with Crippen LogP contribution in [0, 0.1) is 28.1 Å². The largest absolute Gasteiger partial charge is 0.478 e. The van der Waals surface area contributed by atoms with E-state index in [0.717, 1.165) is 19.1 Å². The second kappa shape index (κ2) is 3.80. The minimum absolute atomic E-state index is 0.0134. The summed E-state index contributed by atoms with van der Waals surface area (Å²) in [7, 11) is 0. The van der Waals surface area contributed by atoms with E-state index in [2.05, 4.69) is 13.8 Å². The molecular weight excluding hydrogens is 264 g/mol. The molecule has 3 saturated carbocycles. The maximum atomic E-state index is 11.8. The van der Waals surface area contributed by atoms with E-state index in [0.29, 0.717) is 11.5 Å². The number of rotatable bonds is 2. The highest BCUT2D eigenvalue weighted by Crippen LogP contribution is 2.81. The SMILES string of the molecule is C[C@@]12CCC[C@]3(C)[C@H](CC1)CC1=C(C(=O)O)[C@H](C=O)C[C@@]123. The summed E-state index contributed by atoms with van der Waals surface area (Å²) in [6.07, 6.45) is 8.68. The molecule has 0 amide bonds. The number of hydrogen-bond donors (Lipinski definition) is 1. The van der Waals surface area contributed by atoms with E-state index in [1.54, 1.807) is 0 Å². The van der Waals surface area contributed by atoms with Crippen molar-refractivity contribution in [1.29, 1.82) is 0 Å². The predicted molar refractivity (Wildman–Crippen MR) is 78.7 cm³/mol. The third-order valence-corrected chi connectivity index (χ3v) is 7.96. The molecule has 3 heteroatoms. The number of aldehydes is 1. The third kappa shape index (κ3) is 1.24. The summed E-state index contributed by atoms with van der Waals surface area (Å²) in [4.78, 5) is 23.4. The topological polar surface area (TPSA) is 54.4 Å². The summed E-state index contributed by atoms with van der Waals surface area (Å²) in [6.45, 7) is 4.77. The van der Waals surface area contributed by atoms with Crippen molar-refractivity contribution in [3.63, 3.8) is 0 Å². The molecule has 114 valence electrons. The monoisotopic (exact) mass is 288 g/mol. The van der Waals surface area contributed by atoms with Crippen molar-refractivity contribution in [2.45, 2.75) is 58.8 Å². The van der Waals surface area contributed by atoms with Crippen molar-refractivity contribution >= 4 is 12.3 Å². The van der Waals surface area contributed by atoms with Crippen molar-refractivity contribution < 1.29 is 14.7 Å². The molecular formula is C18H24O3. The zero-order valence-corrected chi connectivity index (χ0v) is 12.9. The number of aliphatic carboxylic acids is 1. The third-order valence-electron chi connectivity index (χ3n) is 7.96. The van der Waals surface area contributed by atoms with Gasteiger partial charge < -0.3 is 9.90 Å². The highest BCUT2D eigenvalue weighted by atomic mass is 16.4. The smallest absolute Gasteiger partial charge is 0.332 e. The Bertz CT molecular complexity index is 577. The van der Waals surface area contributed by atoms with E-state index in [9.17, 15) is 14.7 Å². The lowest BCUT2D eigenvalue weighted by molar-refractivity contribution is -0.137. The average molecular weight is 288 g/mol. The van der Waals surface area contributed by atoms with Gasteiger partial charge in [-0.1, -0.05) is 25.8 Å². The molecule has 0 unspecified atom stereocenters. The molecule has 0 aliphatic heterocycles. The Morgan fingerprint density at radius 3 is 2.71 bits per heavy atom. The lowest BCUT2D eigenvalue weighted by atomic mass is 9.40. The summed E-state index contributed by atoms with van der Waals surface area (Å²) in [5.41, 5.74) is 2.03. The molecule has 1 N–H and O–H groups in total. The van der Waals surface area contributed by atoms with Gasteiger partial charge in [-0.05, 0) is 55.3 Å². The van der Waals surface area contributed by atoms with Crippen LogP contribution in [0.4, 0.5) is 0 Å². The van der Waals surface area contributed by atoms with Crippen LogP contribution in [0.2, 0.25) is 0 Å². The van der Waals surface area contributed by atoms with Crippen LogP contribution in [0.1, 0.15) is 58.8 Å². The molecule has 4 bridgehead atoms. The van der Waals surface area contributed by atoms with Crippen LogP contribution in [0.5, 0.6) is 0 Å². The van der Waals surface area contributed by atoms with Gasteiger partial charge >= 0.3 is 5.97 Å². The first-order chi connectivity index (χ1) is 9.89. The van der Waals surface area contributed by atoms with Crippen molar-refractivity contribution in [3.05, 3.63) is 11.1 Å². The van der Waals surface area contributed by atoms with Crippen molar-refractivity contribution in [2.24, 2.45) is 28.1 Å². The molecule has 1 spiro atoms. The first-order valence-electron chi connectivity index (χ1n) is 8.32. The number of carboxylic acids is 1. The molecule has 4 aliphatic carbocycles. The van der Waals surface area contributed by atoms with Crippen molar-refractivity contribution in [3.8, 4) is 0 Å². The molecule has 21 heavy (non-hydrogen) atoms. The van der Waals surface area contributed by atoms with Gasteiger partial charge in [-0.2, -0.15) is 0 Å². The lowest BCUT2D eigenvalue weighted by Crippen LogP contribution is -2.56. The summed E-state index contributed by atoms with van der Waals surface area (Å²) in [5, 5.41) is 9.69. The Balaban J connectivity index is 2.01. The van der Waals surface area contributed by atoms with E-state index in [-0.39, 0.29) is 22.2 Å². The maximum absolute atomic E-state index is 11.8. The van der Waals surface area contributed by atoms with Crippen LogP contribution in [-0.4, -0.2) is 17.4 Å². The fourth-order valence-corrected chi connectivity index (χ4v) is 7.12. The van der Waals surface area contributed by atoms with E-state index >= 15 is 0 Å². The van der Waals surface area contributed by atoms with Crippen LogP contribution < -0.4 is 0 Å². The van der Waals surface area contributed by atoms with E-state index in [4.69, 9.17) is 0 Å². The van der Waals surface area contributed by atoms with Gasteiger partial charge in [0.2, 0.25) is 0 Å². The van der Waals surface area contributed by atoms with Crippen molar-refractivity contribution in [1.82, 2.24) is 0 Å². The number of carbonyl (C=O) groups is 2. The summed E-state index contributed by atoms with van der Waals surface area (Å²) < 4.78 is 0. The fraction of sp³-hybridized carbons (Fsp3) is 0.778. The Hall–Kier alpha value is -1.12. The van der Waals surface area contributed by atoms with Gasteiger partial charge in [-0.25, -0.2) is 4.79 Å². The van der Waals surface area contributed by atoms with Gasteiger partial charge in [0.05, 0.1) is 0 Å². The second-order valence-corrected chi connectivity index (χ2v) is 8.32. The number of carboxylic acid groups (broad SMARTS) is 1. The number of allylic oxidation sites excluding steroid dienone is 1. The quantitative estimate of drug-likeness (QED) is 0.790. The standard InChI is InChI=1S/C18H24O3/c1-16-5-3-6-17(2)12(4-7-16)8-13-14(15(20)21)11(10-19)9-18(13,16)17/h10-12H,3-9H2,1-2H3,(H,20,21)/t11-,12+,16+,17+,18+/m0/s1. The van der Waals surface area contributed by atoms with Gasteiger partial charge in [0.15, 0.2) is 0 Å². The molecule has 0 heterocycles. The maximum Gasteiger partial charge on any atom is 0.332 e. The van der Waals surface area contributed by atoms with Crippen LogP contribution >= 0.6 is 0 Å². The molecule has 0 aromatic rings. The molecule has 0 aromatic heterocycles. The van der Waals surface area contributed by atoms with Gasteiger partial charge in [0, 0.05) is 16.9 Å². The highest BCUT2D eigenvalue weighted by molar-refractivity contribution is 5.94. The second-order valence-electron chi connectivity index (χ2n) is 8.32. The first-order valence-corrected chi connectivity index (χ1v) is 8.32. The first kappa shape index (κ1) is 13.5. The Labute approximate surface area is 125 Å². The van der Waals surface area contributed by atoms with Crippen molar-refractivity contribution in [2.75, 3.05) is 0 Å². The van der Waals surface area contributed by atoms with E-state index in [1.807, 2.05) is 0 Å². The minimum Gasteiger partial charge on any atom is -0.478 e. The zero-order valence-electron chi connectivity index (χ0n) is 12.9. The number of carbonyl (C=O) groups excluding carboxylic acids is 1. The molecule has 0 radical (unpaired) electrons. The Kier molecular flexibility index (Phi) is 2.45. The van der Waals surface area contributed by atoms with Gasteiger partial charge in [0.25, 0.3) is 0 Å². The molecule has 3 nitrogen and oxygen atoms in total. The summed E-state index contributed by atoms with van der Waals surface area (Å²) in [6, 6.07) is 0. The van der Waals surface area contributed by atoms with Crippen LogP contribution in [0.25, 0.3) is 0 Å². The van der Waals surface area contributed by atoms with Crippen LogP contribution in [-0.2, 0) is 9.59 Å². The van der Waals surface area contributed by atoms with E-state index < -0.39 is 5.97 Å². The van der Waals surface area contributed by atoms with Crippen LogP contribution in [0.15, 0.2) is 11.1 Å². The molecule has 0 saturated heterocycles. The Morgan fingerprint density at radius 1 is 1.29 bits per heavy atom. The summed E-state index contributed by atoms with van der Waals surface area (Å²) in [5.74, 6) is -0.604. The van der Waals surface area contributed by atoms with Gasteiger partial charge in [-0.15, -0.1) is 0 Å². The predicted octanol–water partition coefficient (Wildman–Crippen LogP) is 3.58. The fourth-order valence-electron chi connectivity index (χ4n) is 7.12. The lowest BCUT2D eigenvalue weighted by Gasteiger charge is -2.63. The highest BCUT2D eigenvalue weighted by Gasteiger charge is 2.73. The molecule has 4 rings (SSSR count). The van der Waals surface area contributed by atoms with Gasteiger partial charge in [0.1, 0.15) is 6.29 Å². The Morgan fingerprint density at radius 2 is 2.05 bits per heavy atom. The minimum atomic E-state index is -0.850. The van der Waals surface area contributed by atoms with Crippen LogP contribution in [0.3, 0.4) is 0 Å². The summed E-state index contributed by atoms with van der Waals surface area (Å²) >= 11 is 0. The molecule has 5 atom stereocenters. The zero-order chi connectivity index (χ0) is 15.0.